The summed E-state index contributed by atoms with van der Waals surface area (Å²) >= 11 is 0. The molecule has 0 spiro atoms. The van der Waals surface area contributed by atoms with Gasteiger partial charge in [0.05, 0.1) is 24.6 Å². The van der Waals surface area contributed by atoms with Gasteiger partial charge in [0.1, 0.15) is 5.97 Å². The zero-order chi connectivity index (χ0) is 30.4. The Kier molecular flexibility index (Phi) is 31.5. The second kappa shape index (κ2) is 30.2. The number of alkyl halides is 3. The normalized spacial score (nSPS) is 11.9. The average Bonchev–Trinajstić information content (AvgIpc) is 2.92. The van der Waals surface area contributed by atoms with Crippen molar-refractivity contribution in [2.45, 2.75) is 188 Å². The van der Waals surface area contributed by atoms with Crippen molar-refractivity contribution in [2.24, 2.45) is 0 Å². The molecule has 0 radical (unpaired) electrons. The molecule has 0 aromatic rings. The Hall–Kier alpha value is -0.310. The molecule has 40 heavy (non-hydrogen) atoms. The number of carbonyl (C=O) groups excluding carboxylic acids is 1. The maximum Gasteiger partial charge on any atom is 0.430 e. The van der Waals surface area contributed by atoms with E-state index in [1.165, 1.54) is 128 Å². The number of carbonyl (C=O) groups is 1. The largest absolute Gasteiger partial charge is 0.542 e. The smallest absolute Gasteiger partial charge is 0.430 e. The molecule has 0 aromatic heterocycles. The summed E-state index contributed by atoms with van der Waals surface area (Å²) in [5, 5.41) is 8.78. The number of hydrogen-bond donors (Lipinski definition) is 0. The molecule has 242 valence electrons. The summed E-state index contributed by atoms with van der Waals surface area (Å²) in [6, 6.07) is 0. The monoisotopic (exact) mass is 596 g/mol. The average molecular weight is 597 g/mol. The summed E-state index contributed by atoms with van der Waals surface area (Å²) in [7, 11) is -0.697. The molecule has 0 saturated heterocycles. The van der Waals surface area contributed by atoms with Crippen molar-refractivity contribution in [3.05, 3.63) is 0 Å². The van der Waals surface area contributed by atoms with Crippen LogP contribution in [0.25, 0.3) is 0 Å². The van der Waals surface area contributed by atoms with Gasteiger partial charge in [-0.2, -0.15) is 13.2 Å². The van der Waals surface area contributed by atoms with Crippen LogP contribution in [0.4, 0.5) is 13.2 Å². The number of aliphatic carboxylic acids is 1. The predicted octanol–water partition coefficient (Wildman–Crippen LogP) is 11.7. The maximum absolute atomic E-state index is 10.5. The highest BCUT2D eigenvalue weighted by molar-refractivity contribution is 7.75. The van der Waals surface area contributed by atoms with Crippen molar-refractivity contribution in [1.29, 1.82) is 0 Å². The van der Waals surface area contributed by atoms with Crippen LogP contribution >= 0.6 is 7.26 Å². The standard InChI is InChI=1S/C32H68P.C2HF3O2/c1-5-9-13-17-18-19-20-21-22-23-24-28-32-33(29-25-14-10-6-2,30-26-15-11-7-3)31-27-16-12-8-4;3-2(4,5)1(6)7/h5-32H2,1-4H3;(H,6,7)/q+1;/p-1. The summed E-state index contributed by atoms with van der Waals surface area (Å²) in [5.41, 5.74) is 0. The molecule has 0 bridgehead atoms. The number of halogens is 3. The van der Waals surface area contributed by atoms with Gasteiger partial charge in [0.2, 0.25) is 0 Å². The van der Waals surface area contributed by atoms with Crippen molar-refractivity contribution in [3.8, 4) is 0 Å². The Balaban J connectivity index is 0. The maximum atomic E-state index is 10.5. The number of hydrogen-bond acceptors (Lipinski definition) is 2. The van der Waals surface area contributed by atoms with Crippen LogP contribution < -0.4 is 5.11 Å². The molecule has 2 nitrogen and oxygen atoms in total. The van der Waals surface area contributed by atoms with Gasteiger partial charge in [-0.25, -0.2) is 0 Å². The van der Waals surface area contributed by atoms with E-state index in [4.69, 9.17) is 9.90 Å². The molecule has 0 aliphatic heterocycles. The third-order valence-electron chi connectivity index (χ3n) is 8.18. The van der Waals surface area contributed by atoms with Crippen LogP contribution in [0.5, 0.6) is 0 Å². The van der Waals surface area contributed by atoms with Crippen molar-refractivity contribution < 1.29 is 23.1 Å². The molecule has 0 aromatic carbocycles. The lowest BCUT2D eigenvalue weighted by molar-refractivity contribution is -0.344. The number of rotatable bonds is 28. The summed E-state index contributed by atoms with van der Waals surface area (Å²) in [5.74, 6) is -3.01. The number of carboxylic acid groups (broad SMARTS) is 1. The zero-order valence-electron chi connectivity index (χ0n) is 27.2. The van der Waals surface area contributed by atoms with Crippen LogP contribution in [0.15, 0.2) is 0 Å². The SMILES string of the molecule is CCCCCCCCCCCCCC[P+](CCCCCC)(CCCCCC)CCCCCC.O=C([O-])C(F)(F)F. The zero-order valence-corrected chi connectivity index (χ0v) is 28.1. The van der Waals surface area contributed by atoms with E-state index in [-0.39, 0.29) is 0 Å². The minimum absolute atomic E-state index is 0.697. The molecule has 0 amide bonds. The molecule has 0 saturated carbocycles. The van der Waals surface area contributed by atoms with Gasteiger partial charge in [-0.05, 0) is 51.4 Å². The van der Waals surface area contributed by atoms with E-state index >= 15 is 0 Å². The van der Waals surface area contributed by atoms with E-state index in [9.17, 15) is 13.2 Å². The third kappa shape index (κ3) is 29.2. The van der Waals surface area contributed by atoms with Crippen molar-refractivity contribution >= 4 is 13.2 Å². The predicted molar refractivity (Wildman–Crippen MR) is 171 cm³/mol. The fraction of sp³-hybridized carbons (Fsp3) is 0.971. The first-order valence-electron chi connectivity index (χ1n) is 17.3. The first-order valence-corrected chi connectivity index (χ1v) is 19.8. The lowest BCUT2D eigenvalue weighted by Crippen LogP contribution is -2.37. The number of carboxylic acids is 1. The first-order chi connectivity index (χ1) is 19.2. The Bertz CT molecular complexity index is 495. The Morgan fingerprint density at radius 2 is 0.625 bits per heavy atom. The lowest BCUT2D eigenvalue weighted by atomic mass is 10.1. The van der Waals surface area contributed by atoms with E-state index in [1.54, 1.807) is 50.3 Å². The third-order valence-corrected chi connectivity index (χ3v) is 13.2. The minimum atomic E-state index is -5.19. The molecular weight excluding hydrogens is 528 g/mol. The topological polar surface area (TPSA) is 40.1 Å². The van der Waals surface area contributed by atoms with Crippen LogP contribution in [-0.2, 0) is 4.79 Å². The van der Waals surface area contributed by atoms with Crippen LogP contribution in [0, 0.1) is 0 Å². The Morgan fingerprint density at radius 3 is 0.825 bits per heavy atom. The highest BCUT2D eigenvalue weighted by Crippen LogP contribution is 2.61. The molecule has 6 heteroatoms. The summed E-state index contributed by atoms with van der Waals surface area (Å²) in [6.07, 6.45) is 36.9. The van der Waals surface area contributed by atoms with Crippen molar-refractivity contribution in [2.75, 3.05) is 24.6 Å². The molecule has 0 rings (SSSR count). The Morgan fingerprint density at radius 1 is 0.450 bits per heavy atom. The van der Waals surface area contributed by atoms with Crippen LogP contribution in [0.1, 0.15) is 182 Å². The van der Waals surface area contributed by atoms with Gasteiger partial charge < -0.3 is 9.90 Å². The molecule has 0 unspecified atom stereocenters. The fourth-order valence-corrected chi connectivity index (χ4v) is 10.5. The summed E-state index contributed by atoms with van der Waals surface area (Å²) in [4.78, 5) is 8.78. The summed E-state index contributed by atoms with van der Waals surface area (Å²) < 4.78 is 31.5. The fourth-order valence-electron chi connectivity index (χ4n) is 5.58. The van der Waals surface area contributed by atoms with Gasteiger partial charge in [-0.3, -0.25) is 0 Å². The van der Waals surface area contributed by atoms with E-state index in [2.05, 4.69) is 27.7 Å². The second-order valence-electron chi connectivity index (χ2n) is 12.1. The lowest BCUT2D eigenvalue weighted by Gasteiger charge is -2.28. The van der Waals surface area contributed by atoms with E-state index in [1.807, 2.05) is 0 Å². The van der Waals surface area contributed by atoms with Gasteiger partial charge in [0, 0.05) is 7.26 Å². The summed E-state index contributed by atoms with van der Waals surface area (Å²) in [6.45, 7) is 9.41. The van der Waals surface area contributed by atoms with Crippen molar-refractivity contribution in [1.82, 2.24) is 0 Å². The van der Waals surface area contributed by atoms with Crippen molar-refractivity contribution in [3.63, 3.8) is 0 Å². The van der Waals surface area contributed by atoms with Crippen LogP contribution in [0.2, 0.25) is 0 Å². The van der Waals surface area contributed by atoms with E-state index in [0.29, 0.717) is 0 Å². The van der Waals surface area contributed by atoms with Gasteiger partial charge in [-0.1, -0.05) is 130 Å². The van der Waals surface area contributed by atoms with Gasteiger partial charge in [0.15, 0.2) is 0 Å². The Labute approximate surface area is 248 Å². The quantitative estimate of drug-likeness (QED) is 0.0666. The minimum Gasteiger partial charge on any atom is -0.542 e. The van der Waals surface area contributed by atoms with E-state index < -0.39 is 19.4 Å². The molecule has 0 fully saturated rings. The molecule has 0 N–H and O–H groups in total. The molecule has 0 aliphatic carbocycles. The molecule has 0 heterocycles. The molecule has 0 atom stereocenters. The van der Waals surface area contributed by atoms with E-state index in [0.717, 1.165) is 0 Å². The van der Waals surface area contributed by atoms with Gasteiger partial charge in [0.25, 0.3) is 0 Å². The first kappa shape index (κ1) is 41.8. The van der Waals surface area contributed by atoms with Gasteiger partial charge >= 0.3 is 6.18 Å². The van der Waals surface area contributed by atoms with Crippen LogP contribution in [0.3, 0.4) is 0 Å². The molecule has 0 aliphatic rings. The van der Waals surface area contributed by atoms with Gasteiger partial charge in [-0.15, -0.1) is 0 Å². The van der Waals surface area contributed by atoms with Crippen LogP contribution in [-0.4, -0.2) is 36.8 Å². The highest BCUT2D eigenvalue weighted by atomic mass is 31.2. The number of unbranched alkanes of at least 4 members (excludes halogenated alkanes) is 20. The second-order valence-corrected chi connectivity index (χ2v) is 16.6. The highest BCUT2D eigenvalue weighted by Gasteiger charge is 2.35. The molecular formula is C34H68F3O2P.